The highest BCUT2D eigenvalue weighted by atomic mass is 35.5. The van der Waals surface area contributed by atoms with Crippen molar-refractivity contribution in [3.05, 3.63) is 64.1 Å². The van der Waals surface area contributed by atoms with Gasteiger partial charge in [0, 0.05) is 6.42 Å². The van der Waals surface area contributed by atoms with Crippen molar-refractivity contribution in [2.75, 3.05) is 5.32 Å². The molecule has 0 saturated carbocycles. The molecule has 0 bridgehead atoms. The second kappa shape index (κ2) is 6.60. The monoisotopic (exact) mass is 293 g/mol. The van der Waals surface area contributed by atoms with E-state index in [1.54, 1.807) is 18.2 Å². The maximum Gasteiger partial charge on any atom is 0.224 e. The van der Waals surface area contributed by atoms with E-state index in [-0.39, 0.29) is 5.91 Å². The average molecular weight is 294 g/mol. The second-order valence-corrected chi connectivity index (χ2v) is 4.92. The first-order valence-electron chi connectivity index (χ1n) is 5.94. The Morgan fingerprint density at radius 2 is 1.74 bits per heavy atom. The van der Waals surface area contributed by atoms with E-state index in [1.165, 1.54) is 0 Å². The second-order valence-electron chi connectivity index (χ2n) is 4.14. The molecule has 2 aromatic carbocycles. The highest BCUT2D eigenvalue weighted by Gasteiger charge is 2.08. The maximum atomic E-state index is 11.8. The van der Waals surface area contributed by atoms with Crippen LogP contribution < -0.4 is 5.32 Å². The lowest BCUT2D eigenvalue weighted by Gasteiger charge is -2.08. The molecule has 2 rings (SSSR count). The summed E-state index contributed by atoms with van der Waals surface area (Å²) in [6.45, 7) is 0. The van der Waals surface area contributed by atoms with E-state index in [0.717, 1.165) is 5.56 Å². The Bertz CT molecular complexity index is 570. The zero-order valence-electron chi connectivity index (χ0n) is 10.2. The number of rotatable bonds is 4. The minimum atomic E-state index is -0.0759. The van der Waals surface area contributed by atoms with Crippen molar-refractivity contribution in [3.8, 4) is 0 Å². The van der Waals surface area contributed by atoms with Crippen LogP contribution >= 0.6 is 23.2 Å². The van der Waals surface area contributed by atoms with Crippen LogP contribution in [0.3, 0.4) is 0 Å². The maximum absolute atomic E-state index is 11.8. The van der Waals surface area contributed by atoms with Crippen molar-refractivity contribution >= 4 is 34.8 Å². The van der Waals surface area contributed by atoms with Gasteiger partial charge >= 0.3 is 0 Å². The molecule has 0 saturated heterocycles. The van der Waals surface area contributed by atoms with Crippen LogP contribution in [0.15, 0.2) is 48.5 Å². The molecule has 0 aliphatic heterocycles. The molecule has 2 nitrogen and oxygen atoms in total. The molecule has 0 fully saturated rings. The van der Waals surface area contributed by atoms with Gasteiger partial charge in [-0.15, -0.1) is 0 Å². The number of anilines is 1. The van der Waals surface area contributed by atoms with Crippen molar-refractivity contribution in [1.29, 1.82) is 0 Å². The highest BCUT2D eigenvalue weighted by Crippen LogP contribution is 2.29. The van der Waals surface area contributed by atoms with Gasteiger partial charge in [-0.3, -0.25) is 4.79 Å². The smallest absolute Gasteiger partial charge is 0.224 e. The van der Waals surface area contributed by atoms with Crippen LogP contribution in [0.4, 0.5) is 5.69 Å². The van der Waals surface area contributed by atoms with Gasteiger partial charge < -0.3 is 5.32 Å². The largest absolute Gasteiger partial charge is 0.325 e. The van der Waals surface area contributed by atoms with E-state index in [0.29, 0.717) is 28.6 Å². The topological polar surface area (TPSA) is 29.1 Å². The number of hydrogen-bond donors (Lipinski definition) is 1. The van der Waals surface area contributed by atoms with Crippen molar-refractivity contribution < 1.29 is 4.79 Å². The summed E-state index contributed by atoms with van der Waals surface area (Å²) in [4.78, 5) is 11.8. The van der Waals surface area contributed by atoms with Crippen LogP contribution in [0, 0.1) is 0 Å². The van der Waals surface area contributed by atoms with E-state index in [1.807, 2.05) is 30.3 Å². The van der Waals surface area contributed by atoms with Gasteiger partial charge in [-0.25, -0.2) is 0 Å². The Morgan fingerprint density at radius 3 is 2.47 bits per heavy atom. The fraction of sp³-hybridized carbons (Fsp3) is 0.133. The zero-order valence-corrected chi connectivity index (χ0v) is 11.7. The third-order valence-corrected chi connectivity index (χ3v) is 3.53. The molecule has 0 aliphatic rings. The van der Waals surface area contributed by atoms with Crippen molar-refractivity contribution in [3.63, 3.8) is 0 Å². The quantitative estimate of drug-likeness (QED) is 0.879. The van der Waals surface area contributed by atoms with E-state index in [2.05, 4.69) is 5.32 Å². The predicted octanol–water partition coefficient (Wildman–Crippen LogP) is 4.56. The standard InChI is InChI=1S/C15H13Cl2NO/c16-12-7-4-8-13(15(12)17)18-14(19)10-9-11-5-2-1-3-6-11/h1-8H,9-10H2,(H,18,19). The Balaban J connectivity index is 1.93. The predicted molar refractivity (Wildman–Crippen MR) is 79.9 cm³/mol. The summed E-state index contributed by atoms with van der Waals surface area (Å²) < 4.78 is 0. The van der Waals surface area contributed by atoms with Gasteiger partial charge in [0.2, 0.25) is 5.91 Å². The van der Waals surface area contributed by atoms with Crippen molar-refractivity contribution in [1.82, 2.24) is 0 Å². The summed E-state index contributed by atoms with van der Waals surface area (Å²) in [6, 6.07) is 15.0. The Kier molecular flexibility index (Phi) is 4.83. The molecule has 98 valence electrons. The first-order valence-corrected chi connectivity index (χ1v) is 6.70. The molecule has 0 unspecified atom stereocenters. The van der Waals surface area contributed by atoms with Gasteiger partial charge in [0.15, 0.2) is 0 Å². The highest BCUT2D eigenvalue weighted by molar-refractivity contribution is 6.43. The summed E-state index contributed by atoms with van der Waals surface area (Å²) >= 11 is 11.9. The van der Waals surface area contributed by atoms with Crippen LogP contribution in [-0.4, -0.2) is 5.91 Å². The van der Waals surface area contributed by atoms with Crippen LogP contribution in [0.25, 0.3) is 0 Å². The minimum absolute atomic E-state index is 0.0759. The van der Waals surface area contributed by atoms with E-state index in [4.69, 9.17) is 23.2 Å². The van der Waals surface area contributed by atoms with Crippen LogP contribution in [0.1, 0.15) is 12.0 Å². The van der Waals surface area contributed by atoms with Gasteiger partial charge in [0.05, 0.1) is 15.7 Å². The first kappa shape index (κ1) is 13.9. The van der Waals surface area contributed by atoms with Crippen molar-refractivity contribution in [2.24, 2.45) is 0 Å². The third kappa shape index (κ3) is 3.98. The molecular weight excluding hydrogens is 281 g/mol. The number of carbonyl (C=O) groups excluding carboxylic acids is 1. The van der Waals surface area contributed by atoms with Gasteiger partial charge in [0.1, 0.15) is 0 Å². The number of benzene rings is 2. The molecular formula is C15H13Cl2NO. The summed E-state index contributed by atoms with van der Waals surface area (Å²) in [5.41, 5.74) is 1.68. The van der Waals surface area contributed by atoms with Crippen LogP contribution in [0.2, 0.25) is 10.0 Å². The van der Waals surface area contributed by atoms with Gasteiger partial charge in [0.25, 0.3) is 0 Å². The molecule has 1 N–H and O–H groups in total. The SMILES string of the molecule is O=C(CCc1ccccc1)Nc1cccc(Cl)c1Cl. The molecule has 4 heteroatoms. The molecule has 0 atom stereocenters. The fourth-order valence-electron chi connectivity index (χ4n) is 1.72. The van der Waals surface area contributed by atoms with Crippen LogP contribution in [-0.2, 0) is 11.2 Å². The lowest BCUT2D eigenvalue weighted by Crippen LogP contribution is -2.12. The molecule has 19 heavy (non-hydrogen) atoms. The summed E-state index contributed by atoms with van der Waals surface area (Å²) in [6.07, 6.45) is 1.11. The molecule has 2 aromatic rings. The normalized spacial score (nSPS) is 10.2. The Labute approximate surface area is 122 Å². The summed E-state index contributed by atoms with van der Waals surface area (Å²) in [7, 11) is 0. The summed E-state index contributed by atoms with van der Waals surface area (Å²) in [5.74, 6) is -0.0759. The lowest BCUT2D eigenvalue weighted by atomic mass is 10.1. The minimum Gasteiger partial charge on any atom is -0.325 e. The number of hydrogen-bond acceptors (Lipinski definition) is 1. The van der Waals surface area contributed by atoms with Crippen LogP contribution in [0.5, 0.6) is 0 Å². The van der Waals surface area contributed by atoms with Crippen molar-refractivity contribution in [2.45, 2.75) is 12.8 Å². The van der Waals surface area contributed by atoms with Gasteiger partial charge in [-0.1, -0.05) is 59.6 Å². The Hall–Kier alpha value is -1.51. The summed E-state index contributed by atoms with van der Waals surface area (Å²) in [5, 5.41) is 3.57. The lowest BCUT2D eigenvalue weighted by molar-refractivity contribution is -0.116. The van der Waals surface area contributed by atoms with E-state index >= 15 is 0 Å². The number of amides is 1. The number of halogens is 2. The van der Waals surface area contributed by atoms with Gasteiger partial charge in [-0.05, 0) is 24.1 Å². The van der Waals surface area contributed by atoms with Gasteiger partial charge in [-0.2, -0.15) is 0 Å². The Morgan fingerprint density at radius 1 is 1.00 bits per heavy atom. The zero-order chi connectivity index (χ0) is 13.7. The molecule has 0 heterocycles. The third-order valence-electron chi connectivity index (χ3n) is 2.71. The average Bonchev–Trinajstić information content (AvgIpc) is 2.43. The molecule has 0 aliphatic carbocycles. The van der Waals surface area contributed by atoms with E-state index in [9.17, 15) is 4.79 Å². The molecule has 0 radical (unpaired) electrons. The number of carbonyl (C=O) groups is 1. The molecule has 0 spiro atoms. The molecule has 1 amide bonds. The number of nitrogens with one attached hydrogen (secondary N) is 1. The van der Waals surface area contributed by atoms with E-state index < -0.39 is 0 Å². The fourth-order valence-corrected chi connectivity index (χ4v) is 2.06. The first-order chi connectivity index (χ1) is 9.16. The number of aryl methyl sites for hydroxylation is 1. The molecule has 0 aromatic heterocycles.